The van der Waals surface area contributed by atoms with Crippen molar-refractivity contribution < 1.29 is 14.3 Å². The summed E-state index contributed by atoms with van der Waals surface area (Å²) < 4.78 is 5.04. The first-order valence-corrected chi connectivity index (χ1v) is 5.43. The molecule has 0 bridgehead atoms. The maximum absolute atomic E-state index is 11.3. The first kappa shape index (κ1) is 12.0. The van der Waals surface area contributed by atoms with Gasteiger partial charge in [0, 0.05) is 17.9 Å². The lowest BCUT2D eigenvalue weighted by Gasteiger charge is -2.05. The van der Waals surface area contributed by atoms with E-state index in [4.69, 9.17) is 22.1 Å². The number of hydrogen-bond acceptors (Lipinski definition) is 3. The van der Waals surface area contributed by atoms with Gasteiger partial charge in [-0.2, -0.15) is 0 Å². The first-order chi connectivity index (χ1) is 7.13. The highest BCUT2D eigenvalue weighted by Crippen LogP contribution is 2.21. The molecule has 1 heterocycles. The zero-order valence-electron chi connectivity index (χ0n) is 8.37. The molecule has 2 N–H and O–H groups in total. The van der Waals surface area contributed by atoms with E-state index >= 15 is 0 Å². The number of primary amides is 1. The Balaban J connectivity index is 2.40. The second kappa shape index (κ2) is 5.75. The molecule has 1 amide bonds. The number of rotatable bonds is 6. The van der Waals surface area contributed by atoms with Gasteiger partial charge in [-0.25, -0.2) is 4.79 Å². The highest BCUT2D eigenvalue weighted by atomic mass is 35.5. The topological polar surface area (TPSA) is 69.4 Å². The Morgan fingerprint density at radius 2 is 2.33 bits per heavy atom. The Hall–Kier alpha value is -1.03. The monoisotopic (exact) mass is 231 g/mol. The summed E-state index contributed by atoms with van der Waals surface area (Å²) in [4.78, 5) is 21.8. The predicted molar refractivity (Wildman–Crippen MR) is 56.3 cm³/mol. The van der Waals surface area contributed by atoms with E-state index in [1.807, 2.05) is 0 Å². The van der Waals surface area contributed by atoms with Gasteiger partial charge in [0.25, 0.3) is 0 Å². The minimum absolute atomic E-state index is 0.233. The van der Waals surface area contributed by atoms with Gasteiger partial charge in [-0.15, -0.1) is 11.6 Å². The summed E-state index contributed by atoms with van der Waals surface area (Å²) in [6.45, 7) is 0. The fourth-order valence-electron chi connectivity index (χ4n) is 1.41. The van der Waals surface area contributed by atoms with Crippen LogP contribution in [-0.2, 0) is 14.3 Å². The zero-order chi connectivity index (χ0) is 11.3. The molecular formula is C10H14ClNO3. The summed E-state index contributed by atoms with van der Waals surface area (Å²) in [6.07, 6.45) is 3.55. The van der Waals surface area contributed by atoms with Crippen LogP contribution in [0, 0.1) is 0 Å². The third-order valence-electron chi connectivity index (χ3n) is 2.16. The SMILES string of the molecule is NC(=O)CCC1C=C(CCCCl)C(=O)O1. The van der Waals surface area contributed by atoms with Crippen LogP contribution in [0.3, 0.4) is 0 Å². The number of esters is 1. The molecule has 1 aliphatic heterocycles. The zero-order valence-corrected chi connectivity index (χ0v) is 9.13. The number of amides is 1. The lowest BCUT2D eigenvalue weighted by Crippen LogP contribution is -2.15. The Labute approximate surface area is 93.4 Å². The number of carbonyl (C=O) groups excluding carboxylic acids is 2. The van der Waals surface area contributed by atoms with Crippen LogP contribution in [0.5, 0.6) is 0 Å². The standard InChI is InChI=1S/C10H14ClNO3/c11-5-1-2-7-6-8(15-10(7)14)3-4-9(12)13/h6,8H,1-5H2,(H2,12,13). The van der Waals surface area contributed by atoms with Crippen LogP contribution in [0.2, 0.25) is 0 Å². The van der Waals surface area contributed by atoms with Gasteiger partial charge in [0.2, 0.25) is 5.91 Å². The predicted octanol–water partition coefficient (Wildman–Crippen LogP) is 1.12. The molecule has 1 aliphatic rings. The van der Waals surface area contributed by atoms with Crippen molar-refractivity contribution in [2.24, 2.45) is 5.73 Å². The van der Waals surface area contributed by atoms with E-state index in [-0.39, 0.29) is 24.4 Å². The summed E-state index contributed by atoms with van der Waals surface area (Å²) >= 11 is 5.53. The van der Waals surface area contributed by atoms with Crippen molar-refractivity contribution in [3.8, 4) is 0 Å². The average Bonchev–Trinajstić information content (AvgIpc) is 2.53. The molecule has 1 atom stereocenters. The van der Waals surface area contributed by atoms with Crippen LogP contribution in [0.1, 0.15) is 25.7 Å². The van der Waals surface area contributed by atoms with Crippen molar-refractivity contribution in [3.05, 3.63) is 11.6 Å². The van der Waals surface area contributed by atoms with Gasteiger partial charge in [0.15, 0.2) is 0 Å². The normalized spacial score (nSPS) is 19.9. The number of nitrogens with two attached hydrogens (primary N) is 1. The van der Waals surface area contributed by atoms with Crippen LogP contribution in [0.4, 0.5) is 0 Å². The van der Waals surface area contributed by atoms with E-state index in [2.05, 4.69) is 0 Å². The Morgan fingerprint density at radius 1 is 1.60 bits per heavy atom. The minimum atomic E-state index is -0.381. The lowest BCUT2D eigenvalue weighted by molar-refractivity contribution is -0.140. The smallest absolute Gasteiger partial charge is 0.334 e. The van der Waals surface area contributed by atoms with Crippen LogP contribution in [0.15, 0.2) is 11.6 Å². The molecule has 0 aliphatic carbocycles. The van der Waals surface area contributed by atoms with E-state index in [9.17, 15) is 9.59 Å². The van der Waals surface area contributed by atoms with Crippen molar-refractivity contribution in [1.29, 1.82) is 0 Å². The van der Waals surface area contributed by atoms with Crippen molar-refractivity contribution >= 4 is 23.5 Å². The summed E-state index contributed by atoms with van der Waals surface area (Å²) in [7, 11) is 0. The Bertz CT molecular complexity index is 288. The van der Waals surface area contributed by atoms with E-state index in [1.54, 1.807) is 6.08 Å². The molecule has 0 saturated heterocycles. The van der Waals surface area contributed by atoms with E-state index in [0.717, 1.165) is 6.42 Å². The third-order valence-corrected chi connectivity index (χ3v) is 2.43. The fourth-order valence-corrected chi connectivity index (χ4v) is 1.54. The van der Waals surface area contributed by atoms with Gasteiger partial charge in [-0.3, -0.25) is 4.79 Å². The van der Waals surface area contributed by atoms with Gasteiger partial charge in [-0.05, 0) is 25.3 Å². The van der Waals surface area contributed by atoms with Gasteiger partial charge in [0.05, 0.1) is 0 Å². The van der Waals surface area contributed by atoms with Gasteiger partial charge < -0.3 is 10.5 Å². The second-order valence-electron chi connectivity index (χ2n) is 3.43. The molecule has 0 fully saturated rings. The van der Waals surface area contributed by atoms with Crippen molar-refractivity contribution in [2.75, 3.05) is 5.88 Å². The van der Waals surface area contributed by atoms with E-state index in [0.29, 0.717) is 24.3 Å². The molecule has 1 unspecified atom stereocenters. The highest BCUT2D eigenvalue weighted by Gasteiger charge is 2.24. The minimum Gasteiger partial charge on any atom is -0.455 e. The summed E-state index contributed by atoms with van der Waals surface area (Å²) in [5.74, 6) is -0.153. The molecular weight excluding hydrogens is 218 g/mol. The fraction of sp³-hybridized carbons (Fsp3) is 0.600. The molecule has 0 aromatic heterocycles. The van der Waals surface area contributed by atoms with Crippen molar-refractivity contribution in [3.63, 3.8) is 0 Å². The molecule has 1 rings (SSSR count). The van der Waals surface area contributed by atoms with E-state index < -0.39 is 0 Å². The summed E-state index contributed by atoms with van der Waals surface area (Å²) in [5, 5.41) is 0. The van der Waals surface area contributed by atoms with Crippen LogP contribution < -0.4 is 5.73 Å². The van der Waals surface area contributed by atoms with Gasteiger partial charge in [-0.1, -0.05) is 0 Å². The lowest BCUT2D eigenvalue weighted by atomic mass is 10.1. The number of hydrogen-bond donors (Lipinski definition) is 1. The Morgan fingerprint density at radius 3 is 2.93 bits per heavy atom. The van der Waals surface area contributed by atoms with Crippen LogP contribution >= 0.6 is 11.6 Å². The average molecular weight is 232 g/mol. The van der Waals surface area contributed by atoms with Gasteiger partial charge in [0.1, 0.15) is 6.10 Å². The molecule has 0 aromatic rings. The number of ether oxygens (including phenoxy) is 1. The molecule has 84 valence electrons. The number of halogens is 1. The maximum Gasteiger partial charge on any atom is 0.334 e. The highest BCUT2D eigenvalue weighted by molar-refractivity contribution is 6.17. The Kier molecular flexibility index (Phi) is 4.62. The molecule has 0 aromatic carbocycles. The molecule has 0 radical (unpaired) electrons. The molecule has 0 saturated carbocycles. The first-order valence-electron chi connectivity index (χ1n) is 4.89. The largest absolute Gasteiger partial charge is 0.455 e. The second-order valence-corrected chi connectivity index (χ2v) is 3.81. The molecule has 15 heavy (non-hydrogen) atoms. The molecule has 4 nitrogen and oxygen atoms in total. The number of cyclic esters (lactones) is 1. The number of alkyl halides is 1. The van der Waals surface area contributed by atoms with E-state index in [1.165, 1.54) is 0 Å². The van der Waals surface area contributed by atoms with Crippen LogP contribution in [0.25, 0.3) is 0 Å². The third kappa shape index (κ3) is 3.91. The van der Waals surface area contributed by atoms with Crippen molar-refractivity contribution in [2.45, 2.75) is 31.8 Å². The maximum atomic E-state index is 11.3. The van der Waals surface area contributed by atoms with Gasteiger partial charge >= 0.3 is 5.97 Å². The quantitative estimate of drug-likeness (QED) is 0.550. The number of carbonyl (C=O) groups is 2. The molecule has 5 heteroatoms. The van der Waals surface area contributed by atoms with Crippen LogP contribution in [-0.4, -0.2) is 23.9 Å². The molecule has 0 spiro atoms. The van der Waals surface area contributed by atoms with Crippen molar-refractivity contribution in [1.82, 2.24) is 0 Å². The summed E-state index contributed by atoms with van der Waals surface area (Å²) in [6, 6.07) is 0. The summed E-state index contributed by atoms with van der Waals surface area (Å²) in [5.41, 5.74) is 5.66.